The molecule has 4 rings (SSSR count). The Kier molecular flexibility index (Phi) is 5.23. The molecule has 1 saturated heterocycles. The molecule has 0 aliphatic carbocycles. The van der Waals surface area contributed by atoms with E-state index in [2.05, 4.69) is 15.7 Å². The number of aryl methyl sites for hydroxylation is 1. The summed E-state index contributed by atoms with van der Waals surface area (Å²) in [6, 6.07) is 7.52. The first-order chi connectivity index (χ1) is 13.5. The first kappa shape index (κ1) is 18.8. The van der Waals surface area contributed by atoms with E-state index in [4.69, 9.17) is 0 Å². The van der Waals surface area contributed by atoms with Gasteiger partial charge in [-0.15, -0.1) is 11.3 Å². The SMILES string of the molecule is Cn1nccc1-c1csc(C(=O)N[C@H]2CNCC[C@@H]2c2ccc(F)c(F)c2)c1. The molecule has 0 spiro atoms. The molecule has 5 nitrogen and oxygen atoms in total. The molecule has 2 N–H and O–H groups in total. The molecule has 0 bridgehead atoms. The minimum atomic E-state index is -0.862. The van der Waals surface area contributed by atoms with E-state index in [9.17, 15) is 13.6 Å². The largest absolute Gasteiger partial charge is 0.347 e. The molecule has 1 amide bonds. The number of benzene rings is 1. The number of carbonyl (C=O) groups excluding carboxylic acids is 1. The number of aromatic nitrogens is 2. The molecule has 2 aromatic heterocycles. The molecular formula is C20H20F2N4OS. The molecule has 28 heavy (non-hydrogen) atoms. The lowest BCUT2D eigenvalue weighted by Gasteiger charge is -2.33. The Bertz CT molecular complexity index is 1000. The number of rotatable bonds is 4. The van der Waals surface area contributed by atoms with Crippen molar-refractivity contribution in [2.45, 2.75) is 18.4 Å². The fraction of sp³-hybridized carbons (Fsp3) is 0.300. The summed E-state index contributed by atoms with van der Waals surface area (Å²) in [6.07, 6.45) is 2.45. The summed E-state index contributed by atoms with van der Waals surface area (Å²) < 4.78 is 28.7. The number of halogens is 2. The van der Waals surface area contributed by atoms with Crippen LogP contribution < -0.4 is 10.6 Å². The van der Waals surface area contributed by atoms with Gasteiger partial charge in [-0.1, -0.05) is 6.07 Å². The van der Waals surface area contributed by atoms with Gasteiger partial charge in [0.1, 0.15) is 0 Å². The molecule has 3 heterocycles. The minimum absolute atomic E-state index is 0.0724. The van der Waals surface area contributed by atoms with Gasteiger partial charge in [0.15, 0.2) is 11.6 Å². The van der Waals surface area contributed by atoms with E-state index in [1.54, 1.807) is 16.9 Å². The van der Waals surface area contributed by atoms with Gasteiger partial charge >= 0.3 is 0 Å². The highest BCUT2D eigenvalue weighted by molar-refractivity contribution is 7.12. The molecule has 8 heteroatoms. The van der Waals surface area contributed by atoms with Crippen molar-refractivity contribution in [3.63, 3.8) is 0 Å². The average Bonchev–Trinajstić information content (AvgIpc) is 3.33. The Labute approximate surface area is 165 Å². The van der Waals surface area contributed by atoms with Gasteiger partial charge in [0.25, 0.3) is 5.91 Å². The second-order valence-electron chi connectivity index (χ2n) is 6.89. The predicted octanol–water partition coefficient (Wildman–Crippen LogP) is 3.30. The van der Waals surface area contributed by atoms with Crippen molar-refractivity contribution in [2.24, 2.45) is 7.05 Å². The van der Waals surface area contributed by atoms with Gasteiger partial charge in [0.2, 0.25) is 0 Å². The van der Waals surface area contributed by atoms with Crippen LogP contribution in [0.2, 0.25) is 0 Å². The number of amides is 1. The molecular weight excluding hydrogens is 382 g/mol. The highest BCUT2D eigenvalue weighted by Gasteiger charge is 2.29. The van der Waals surface area contributed by atoms with Crippen molar-refractivity contribution in [3.05, 3.63) is 64.0 Å². The van der Waals surface area contributed by atoms with Crippen molar-refractivity contribution in [2.75, 3.05) is 13.1 Å². The van der Waals surface area contributed by atoms with E-state index in [0.29, 0.717) is 17.0 Å². The van der Waals surface area contributed by atoms with E-state index >= 15 is 0 Å². The topological polar surface area (TPSA) is 59.0 Å². The van der Waals surface area contributed by atoms with E-state index in [1.807, 2.05) is 24.6 Å². The van der Waals surface area contributed by atoms with E-state index in [0.717, 1.165) is 30.3 Å². The van der Waals surface area contributed by atoms with Gasteiger partial charge in [-0.3, -0.25) is 9.48 Å². The van der Waals surface area contributed by atoms with Gasteiger partial charge in [0, 0.05) is 42.7 Å². The monoisotopic (exact) mass is 402 g/mol. The lowest BCUT2D eigenvalue weighted by molar-refractivity contribution is 0.0928. The molecule has 1 fully saturated rings. The fourth-order valence-electron chi connectivity index (χ4n) is 3.64. The van der Waals surface area contributed by atoms with E-state index < -0.39 is 11.6 Å². The number of carbonyl (C=O) groups is 1. The molecule has 3 aromatic rings. The van der Waals surface area contributed by atoms with Crippen LogP contribution >= 0.6 is 11.3 Å². The number of nitrogens with zero attached hydrogens (tertiary/aromatic N) is 2. The number of thiophene rings is 1. The van der Waals surface area contributed by atoms with Crippen LogP contribution in [0.25, 0.3) is 11.3 Å². The summed E-state index contributed by atoms with van der Waals surface area (Å²) in [5.74, 6) is -1.96. The third-order valence-electron chi connectivity index (χ3n) is 5.11. The lowest BCUT2D eigenvalue weighted by atomic mass is 9.86. The zero-order chi connectivity index (χ0) is 19.7. The smallest absolute Gasteiger partial charge is 0.261 e. The van der Waals surface area contributed by atoms with Gasteiger partial charge < -0.3 is 10.6 Å². The van der Waals surface area contributed by atoms with Crippen LogP contribution in [0, 0.1) is 11.6 Å². The number of hydrogen-bond donors (Lipinski definition) is 2. The van der Waals surface area contributed by atoms with Crippen LogP contribution in [0.5, 0.6) is 0 Å². The molecule has 0 radical (unpaired) electrons. The third kappa shape index (κ3) is 3.70. The maximum absolute atomic E-state index is 13.7. The molecule has 1 aliphatic rings. The summed E-state index contributed by atoms with van der Waals surface area (Å²) in [5, 5.41) is 12.4. The van der Waals surface area contributed by atoms with E-state index in [-0.39, 0.29) is 17.9 Å². The van der Waals surface area contributed by atoms with Gasteiger partial charge in [-0.05, 0) is 42.8 Å². The highest BCUT2D eigenvalue weighted by Crippen LogP contribution is 2.29. The Balaban J connectivity index is 1.51. The summed E-state index contributed by atoms with van der Waals surface area (Å²) >= 11 is 1.37. The van der Waals surface area contributed by atoms with Gasteiger partial charge in [-0.25, -0.2) is 8.78 Å². The normalized spacial score (nSPS) is 19.5. The van der Waals surface area contributed by atoms with E-state index in [1.165, 1.54) is 17.4 Å². The number of piperidine rings is 1. The summed E-state index contributed by atoms with van der Waals surface area (Å²) in [4.78, 5) is 13.4. The number of nitrogens with one attached hydrogen (secondary N) is 2. The van der Waals surface area contributed by atoms with Crippen LogP contribution in [0.3, 0.4) is 0 Å². The van der Waals surface area contributed by atoms with Crippen LogP contribution in [0.4, 0.5) is 8.78 Å². The summed E-state index contributed by atoms with van der Waals surface area (Å²) in [5.41, 5.74) is 2.58. The Morgan fingerprint density at radius 1 is 1.29 bits per heavy atom. The highest BCUT2D eigenvalue weighted by atomic mass is 32.1. The Hall–Kier alpha value is -2.58. The second kappa shape index (κ2) is 7.81. The maximum atomic E-state index is 13.7. The molecule has 146 valence electrons. The van der Waals surface area contributed by atoms with Crippen LogP contribution in [-0.4, -0.2) is 34.8 Å². The lowest BCUT2D eigenvalue weighted by Crippen LogP contribution is -2.49. The average molecular weight is 402 g/mol. The fourth-order valence-corrected chi connectivity index (χ4v) is 4.44. The summed E-state index contributed by atoms with van der Waals surface area (Å²) in [6.45, 7) is 1.34. The van der Waals surface area contributed by atoms with Crippen molar-refractivity contribution < 1.29 is 13.6 Å². The first-order valence-electron chi connectivity index (χ1n) is 9.06. The van der Waals surface area contributed by atoms with Crippen molar-refractivity contribution in [1.29, 1.82) is 0 Å². The Morgan fingerprint density at radius 2 is 2.14 bits per heavy atom. The molecule has 1 aromatic carbocycles. The molecule has 0 unspecified atom stereocenters. The second-order valence-corrected chi connectivity index (χ2v) is 7.80. The van der Waals surface area contributed by atoms with Crippen LogP contribution in [0.1, 0.15) is 27.6 Å². The molecule has 0 saturated carbocycles. The van der Waals surface area contributed by atoms with Crippen molar-refractivity contribution >= 4 is 17.2 Å². The number of hydrogen-bond acceptors (Lipinski definition) is 4. The zero-order valence-electron chi connectivity index (χ0n) is 15.3. The summed E-state index contributed by atoms with van der Waals surface area (Å²) in [7, 11) is 1.85. The predicted molar refractivity (Wildman–Crippen MR) is 104 cm³/mol. The minimum Gasteiger partial charge on any atom is -0.347 e. The first-order valence-corrected chi connectivity index (χ1v) is 9.94. The molecule has 1 aliphatic heterocycles. The third-order valence-corrected chi connectivity index (χ3v) is 6.04. The van der Waals surface area contributed by atoms with Crippen molar-refractivity contribution in [1.82, 2.24) is 20.4 Å². The van der Waals surface area contributed by atoms with Crippen LogP contribution in [-0.2, 0) is 7.05 Å². The maximum Gasteiger partial charge on any atom is 0.261 e. The van der Waals surface area contributed by atoms with Gasteiger partial charge in [0.05, 0.1) is 10.6 Å². The molecule has 2 atom stereocenters. The zero-order valence-corrected chi connectivity index (χ0v) is 16.1. The van der Waals surface area contributed by atoms with Crippen LogP contribution in [0.15, 0.2) is 41.9 Å². The standard InChI is InChI=1S/C20H20F2N4OS/c1-26-18(5-7-24-26)13-9-19(28-11-13)20(27)25-17-10-23-6-4-14(17)12-2-3-15(21)16(22)8-12/h2-3,5,7-9,11,14,17,23H,4,6,10H2,1H3,(H,25,27)/t14-,17+/m1/s1. The quantitative estimate of drug-likeness (QED) is 0.704. The Morgan fingerprint density at radius 3 is 2.89 bits per heavy atom. The van der Waals surface area contributed by atoms with Gasteiger partial charge in [-0.2, -0.15) is 5.10 Å². The van der Waals surface area contributed by atoms with Crippen molar-refractivity contribution in [3.8, 4) is 11.3 Å².